The Hall–Kier alpha value is -2.04. The van der Waals surface area contributed by atoms with E-state index in [1.54, 1.807) is 4.57 Å². The van der Waals surface area contributed by atoms with E-state index in [1.165, 1.54) is 0 Å². The van der Waals surface area contributed by atoms with Gasteiger partial charge in [-0.15, -0.1) is 0 Å². The fourth-order valence-electron chi connectivity index (χ4n) is 1.81. The Kier molecular flexibility index (Phi) is 2.99. The van der Waals surface area contributed by atoms with E-state index >= 15 is 0 Å². The van der Waals surface area contributed by atoms with Gasteiger partial charge in [0.25, 0.3) is 0 Å². The van der Waals surface area contributed by atoms with Crippen molar-refractivity contribution in [1.82, 2.24) is 14.9 Å². The summed E-state index contributed by atoms with van der Waals surface area (Å²) in [4.78, 5) is 15.8. The first-order valence-electron chi connectivity index (χ1n) is 5.61. The van der Waals surface area contributed by atoms with Gasteiger partial charge in [-0.3, -0.25) is 4.79 Å². The van der Waals surface area contributed by atoms with Crippen molar-refractivity contribution in [3.8, 4) is 0 Å². The average molecular weight is 232 g/mol. The summed E-state index contributed by atoms with van der Waals surface area (Å²) >= 11 is 0. The molecule has 1 amide bonds. The summed E-state index contributed by atoms with van der Waals surface area (Å²) in [7, 11) is 0. The second kappa shape index (κ2) is 4.45. The van der Waals surface area contributed by atoms with Crippen LogP contribution in [0.2, 0.25) is 0 Å². The third kappa shape index (κ3) is 2.22. The second-order valence-electron chi connectivity index (χ2n) is 4.00. The van der Waals surface area contributed by atoms with Gasteiger partial charge in [0.2, 0.25) is 11.9 Å². The molecule has 0 unspecified atom stereocenters. The van der Waals surface area contributed by atoms with Gasteiger partial charge in [0.15, 0.2) is 0 Å². The SMILES string of the molecule is CCNC(=O)Cn1c(N)nc2ccc(C)cc21. The molecule has 1 heterocycles. The Morgan fingerprint density at radius 1 is 1.53 bits per heavy atom. The molecule has 2 rings (SSSR count). The summed E-state index contributed by atoms with van der Waals surface area (Å²) in [6.07, 6.45) is 0. The zero-order valence-corrected chi connectivity index (χ0v) is 10.0. The van der Waals surface area contributed by atoms with E-state index in [-0.39, 0.29) is 12.5 Å². The number of hydrogen-bond acceptors (Lipinski definition) is 3. The highest BCUT2D eigenvalue weighted by Gasteiger charge is 2.10. The lowest BCUT2D eigenvalue weighted by molar-refractivity contribution is -0.121. The minimum Gasteiger partial charge on any atom is -0.369 e. The van der Waals surface area contributed by atoms with Crippen molar-refractivity contribution in [2.45, 2.75) is 20.4 Å². The van der Waals surface area contributed by atoms with E-state index < -0.39 is 0 Å². The molecule has 17 heavy (non-hydrogen) atoms. The molecule has 0 spiro atoms. The fraction of sp³-hybridized carbons (Fsp3) is 0.333. The molecule has 0 atom stereocenters. The van der Waals surface area contributed by atoms with E-state index in [0.29, 0.717) is 12.5 Å². The lowest BCUT2D eigenvalue weighted by Gasteiger charge is -2.06. The first-order chi connectivity index (χ1) is 8.11. The predicted octanol–water partition coefficient (Wildman–Crippen LogP) is 1.06. The summed E-state index contributed by atoms with van der Waals surface area (Å²) in [6.45, 7) is 4.71. The normalized spacial score (nSPS) is 10.7. The van der Waals surface area contributed by atoms with Crippen molar-refractivity contribution in [3.05, 3.63) is 23.8 Å². The number of imidazole rings is 1. The zero-order valence-electron chi connectivity index (χ0n) is 10.0. The Morgan fingerprint density at radius 3 is 3.00 bits per heavy atom. The molecule has 2 aromatic rings. The molecule has 1 aromatic heterocycles. The number of likely N-dealkylation sites (N-methyl/N-ethyl adjacent to an activating group) is 1. The van der Waals surface area contributed by atoms with E-state index in [0.717, 1.165) is 16.6 Å². The van der Waals surface area contributed by atoms with Crippen LogP contribution in [0.1, 0.15) is 12.5 Å². The van der Waals surface area contributed by atoms with Crippen LogP contribution in [0.5, 0.6) is 0 Å². The van der Waals surface area contributed by atoms with Crippen molar-refractivity contribution >= 4 is 22.9 Å². The number of nitrogens with zero attached hydrogens (tertiary/aromatic N) is 2. The molecule has 0 aliphatic rings. The fourth-order valence-corrected chi connectivity index (χ4v) is 1.81. The smallest absolute Gasteiger partial charge is 0.240 e. The van der Waals surface area contributed by atoms with Gasteiger partial charge in [0.05, 0.1) is 11.0 Å². The molecule has 0 saturated carbocycles. The molecular formula is C12H16N4O. The zero-order chi connectivity index (χ0) is 12.4. The number of aryl methyl sites for hydroxylation is 1. The highest BCUT2D eigenvalue weighted by atomic mass is 16.1. The van der Waals surface area contributed by atoms with Crippen LogP contribution in [0.25, 0.3) is 11.0 Å². The number of fused-ring (bicyclic) bond motifs is 1. The highest BCUT2D eigenvalue weighted by Crippen LogP contribution is 2.18. The lowest BCUT2D eigenvalue weighted by atomic mass is 10.2. The van der Waals surface area contributed by atoms with Crippen molar-refractivity contribution in [1.29, 1.82) is 0 Å². The molecule has 5 heteroatoms. The molecule has 0 radical (unpaired) electrons. The number of carbonyl (C=O) groups is 1. The molecular weight excluding hydrogens is 216 g/mol. The molecule has 0 saturated heterocycles. The Bertz CT molecular complexity index is 559. The largest absolute Gasteiger partial charge is 0.369 e. The van der Waals surface area contributed by atoms with Gasteiger partial charge < -0.3 is 15.6 Å². The Balaban J connectivity index is 2.41. The van der Waals surface area contributed by atoms with E-state index in [1.807, 2.05) is 32.0 Å². The third-order valence-corrected chi connectivity index (χ3v) is 2.61. The standard InChI is InChI=1S/C12H16N4O/c1-3-14-11(17)7-16-10-6-8(2)4-5-9(10)15-12(16)13/h4-6H,3,7H2,1-2H3,(H2,13,15)(H,14,17). The van der Waals surface area contributed by atoms with Crippen LogP contribution >= 0.6 is 0 Å². The number of amides is 1. The lowest BCUT2D eigenvalue weighted by Crippen LogP contribution is -2.27. The van der Waals surface area contributed by atoms with Gasteiger partial charge in [-0.1, -0.05) is 6.07 Å². The Labute approximate surface area is 99.6 Å². The van der Waals surface area contributed by atoms with Crippen LogP contribution < -0.4 is 11.1 Å². The number of nitrogens with one attached hydrogen (secondary N) is 1. The predicted molar refractivity (Wildman–Crippen MR) is 67.6 cm³/mol. The van der Waals surface area contributed by atoms with Crippen LogP contribution in [0.15, 0.2) is 18.2 Å². The van der Waals surface area contributed by atoms with Gasteiger partial charge in [0.1, 0.15) is 6.54 Å². The van der Waals surface area contributed by atoms with E-state index in [9.17, 15) is 4.79 Å². The summed E-state index contributed by atoms with van der Waals surface area (Å²) in [6, 6.07) is 5.87. The maximum Gasteiger partial charge on any atom is 0.240 e. The van der Waals surface area contributed by atoms with Crippen molar-refractivity contribution in [2.75, 3.05) is 12.3 Å². The van der Waals surface area contributed by atoms with E-state index in [4.69, 9.17) is 5.73 Å². The number of nitrogens with two attached hydrogens (primary N) is 1. The summed E-state index contributed by atoms with van der Waals surface area (Å²) < 4.78 is 1.73. The number of anilines is 1. The summed E-state index contributed by atoms with van der Waals surface area (Å²) in [5.41, 5.74) is 8.65. The summed E-state index contributed by atoms with van der Waals surface area (Å²) in [5, 5.41) is 2.75. The first-order valence-corrected chi connectivity index (χ1v) is 5.61. The monoisotopic (exact) mass is 232 g/mol. The van der Waals surface area contributed by atoms with Crippen molar-refractivity contribution < 1.29 is 4.79 Å². The number of rotatable bonds is 3. The quantitative estimate of drug-likeness (QED) is 0.831. The first kappa shape index (κ1) is 11.4. The molecule has 0 aliphatic carbocycles. The van der Waals surface area contributed by atoms with Crippen LogP contribution in [-0.4, -0.2) is 22.0 Å². The Morgan fingerprint density at radius 2 is 2.29 bits per heavy atom. The molecule has 0 aliphatic heterocycles. The van der Waals surface area contributed by atoms with E-state index in [2.05, 4.69) is 10.3 Å². The van der Waals surface area contributed by atoms with Gasteiger partial charge in [-0.2, -0.15) is 0 Å². The molecule has 0 bridgehead atoms. The van der Waals surface area contributed by atoms with Crippen LogP contribution in [0.4, 0.5) is 5.95 Å². The van der Waals surface area contributed by atoms with Crippen LogP contribution in [0, 0.1) is 6.92 Å². The molecule has 3 N–H and O–H groups in total. The second-order valence-corrected chi connectivity index (χ2v) is 4.00. The van der Waals surface area contributed by atoms with Crippen molar-refractivity contribution in [3.63, 3.8) is 0 Å². The molecule has 0 fully saturated rings. The summed E-state index contributed by atoms with van der Waals surface area (Å²) in [5.74, 6) is 0.317. The maximum absolute atomic E-state index is 11.6. The van der Waals surface area contributed by atoms with Gasteiger partial charge in [-0.25, -0.2) is 4.98 Å². The molecule has 90 valence electrons. The number of benzene rings is 1. The van der Waals surface area contributed by atoms with Gasteiger partial charge in [0, 0.05) is 6.54 Å². The number of nitrogen functional groups attached to an aromatic ring is 1. The molecule has 5 nitrogen and oxygen atoms in total. The maximum atomic E-state index is 11.6. The minimum atomic E-state index is -0.0555. The number of carbonyl (C=O) groups excluding carboxylic acids is 1. The van der Waals surface area contributed by atoms with Gasteiger partial charge in [-0.05, 0) is 31.5 Å². The van der Waals surface area contributed by atoms with Crippen LogP contribution in [0.3, 0.4) is 0 Å². The average Bonchev–Trinajstić information content (AvgIpc) is 2.56. The van der Waals surface area contributed by atoms with Gasteiger partial charge >= 0.3 is 0 Å². The number of hydrogen-bond donors (Lipinski definition) is 2. The van der Waals surface area contributed by atoms with Crippen molar-refractivity contribution in [2.24, 2.45) is 0 Å². The minimum absolute atomic E-state index is 0.0555. The van der Waals surface area contributed by atoms with Crippen LogP contribution in [-0.2, 0) is 11.3 Å². The topological polar surface area (TPSA) is 72.9 Å². The number of aromatic nitrogens is 2. The highest BCUT2D eigenvalue weighted by molar-refractivity contribution is 5.83. The third-order valence-electron chi connectivity index (χ3n) is 2.61. The molecule has 1 aromatic carbocycles.